The zero-order chi connectivity index (χ0) is 15.5. The third-order valence-corrected chi connectivity index (χ3v) is 3.17. The van der Waals surface area contributed by atoms with Crippen molar-refractivity contribution in [2.45, 2.75) is 13.5 Å². The number of benzene rings is 1. The lowest BCUT2D eigenvalue weighted by Gasteiger charge is -2.00. The quantitative estimate of drug-likeness (QED) is 0.683. The molecule has 0 atom stereocenters. The third kappa shape index (κ3) is 3.01. The molecule has 0 saturated carbocycles. The van der Waals surface area contributed by atoms with Crippen LogP contribution in [0.15, 0.2) is 45.2 Å². The molecule has 22 heavy (non-hydrogen) atoms. The number of hydrogen-bond donors (Lipinski definition) is 0. The van der Waals surface area contributed by atoms with Crippen LogP contribution in [-0.2, 0) is 11.3 Å². The van der Waals surface area contributed by atoms with Crippen LogP contribution in [0.25, 0.3) is 11.3 Å². The predicted molar refractivity (Wildman–Crippen MR) is 77.3 cm³/mol. The maximum Gasteiger partial charge on any atom is 0.374 e. The van der Waals surface area contributed by atoms with Crippen LogP contribution in [0.4, 0.5) is 0 Å². The molecule has 2 heterocycles. The van der Waals surface area contributed by atoms with E-state index in [4.69, 9.17) is 25.2 Å². The van der Waals surface area contributed by atoms with E-state index in [1.54, 1.807) is 25.1 Å². The summed E-state index contributed by atoms with van der Waals surface area (Å²) in [6.45, 7) is 1.54. The first kappa shape index (κ1) is 14.3. The summed E-state index contributed by atoms with van der Waals surface area (Å²) in [5, 5.41) is 7.92. The van der Waals surface area contributed by atoms with Gasteiger partial charge in [-0.2, -0.15) is 0 Å². The number of rotatable bonds is 4. The third-order valence-electron chi connectivity index (χ3n) is 2.84. The van der Waals surface area contributed by atoms with Gasteiger partial charge in [0.1, 0.15) is 5.76 Å². The van der Waals surface area contributed by atoms with Crippen molar-refractivity contribution in [3.05, 3.63) is 59.0 Å². The van der Waals surface area contributed by atoms with Gasteiger partial charge in [0.15, 0.2) is 6.61 Å². The van der Waals surface area contributed by atoms with Crippen molar-refractivity contribution in [3.8, 4) is 11.3 Å². The van der Waals surface area contributed by atoms with Gasteiger partial charge in [0.05, 0.1) is 5.02 Å². The van der Waals surface area contributed by atoms with E-state index in [1.165, 1.54) is 6.07 Å². The largest absolute Gasteiger partial charge is 0.450 e. The van der Waals surface area contributed by atoms with E-state index in [0.717, 1.165) is 0 Å². The predicted octanol–water partition coefficient (Wildman–Crippen LogP) is 3.65. The zero-order valence-electron chi connectivity index (χ0n) is 11.6. The average molecular weight is 319 g/mol. The number of nitrogens with zero attached hydrogens (tertiary/aromatic N) is 2. The lowest BCUT2D eigenvalue weighted by molar-refractivity contribution is 0.0401. The number of esters is 1. The van der Waals surface area contributed by atoms with Gasteiger partial charge in [-0.1, -0.05) is 23.7 Å². The van der Waals surface area contributed by atoms with Crippen LogP contribution in [0.2, 0.25) is 5.02 Å². The highest BCUT2D eigenvalue weighted by molar-refractivity contribution is 6.33. The van der Waals surface area contributed by atoms with Crippen molar-refractivity contribution in [3.63, 3.8) is 0 Å². The van der Waals surface area contributed by atoms with E-state index < -0.39 is 5.97 Å². The fourth-order valence-electron chi connectivity index (χ4n) is 1.85. The number of aromatic nitrogens is 2. The lowest BCUT2D eigenvalue weighted by atomic mass is 10.2. The van der Waals surface area contributed by atoms with Gasteiger partial charge < -0.3 is 13.6 Å². The Bertz CT molecular complexity index is 809. The summed E-state index contributed by atoms with van der Waals surface area (Å²) < 4.78 is 15.6. The minimum Gasteiger partial charge on any atom is -0.450 e. The van der Waals surface area contributed by atoms with Crippen molar-refractivity contribution >= 4 is 17.6 Å². The van der Waals surface area contributed by atoms with Gasteiger partial charge in [-0.15, -0.1) is 10.2 Å². The number of ether oxygens (including phenoxy) is 1. The topological polar surface area (TPSA) is 78.4 Å². The van der Waals surface area contributed by atoms with Crippen LogP contribution in [-0.4, -0.2) is 16.2 Å². The molecule has 1 aromatic carbocycles. The molecule has 0 amide bonds. The Hall–Kier alpha value is -2.60. The summed E-state index contributed by atoms with van der Waals surface area (Å²) in [7, 11) is 0. The monoisotopic (exact) mass is 318 g/mol. The second-order valence-corrected chi connectivity index (χ2v) is 4.84. The molecule has 0 fully saturated rings. The molecule has 0 aliphatic carbocycles. The van der Waals surface area contributed by atoms with E-state index in [0.29, 0.717) is 22.2 Å². The Labute approximate surface area is 130 Å². The van der Waals surface area contributed by atoms with Crippen molar-refractivity contribution in [2.75, 3.05) is 0 Å². The average Bonchev–Trinajstić information content (AvgIpc) is 3.14. The summed E-state index contributed by atoms with van der Waals surface area (Å²) in [6.07, 6.45) is 0. The highest BCUT2D eigenvalue weighted by Gasteiger charge is 2.16. The first-order valence-electron chi connectivity index (χ1n) is 6.44. The second-order valence-electron chi connectivity index (χ2n) is 4.43. The molecule has 0 saturated heterocycles. The molecule has 0 bridgehead atoms. The molecule has 3 rings (SSSR count). The van der Waals surface area contributed by atoms with Crippen LogP contribution in [0.3, 0.4) is 0 Å². The molecule has 0 radical (unpaired) electrons. The Morgan fingerprint density at radius 3 is 2.73 bits per heavy atom. The van der Waals surface area contributed by atoms with Crippen LogP contribution >= 0.6 is 11.6 Å². The Morgan fingerprint density at radius 1 is 1.18 bits per heavy atom. The maximum absolute atomic E-state index is 11.9. The van der Waals surface area contributed by atoms with Gasteiger partial charge in [-0.3, -0.25) is 0 Å². The van der Waals surface area contributed by atoms with Crippen LogP contribution in [0.1, 0.15) is 22.3 Å². The van der Waals surface area contributed by atoms with E-state index in [-0.39, 0.29) is 18.3 Å². The molecule has 0 unspecified atom stereocenters. The van der Waals surface area contributed by atoms with E-state index in [2.05, 4.69) is 10.2 Å². The number of furan rings is 1. The SMILES string of the molecule is Cc1nnc(COC(=O)c2ccc(-c3ccccc3Cl)o2)o1. The first-order chi connectivity index (χ1) is 10.6. The van der Waals surface area contributed by atoms with Crippen LogP contribution in [0.5, 0.6) is 0 Å². The minimum atomic E-state index is -0.617. The Balaban J connectivity index is 1.70. The molecular weight excluding hydrogens is 308 g/mol. The highest BCUT2D eigenvalue weighted by Crippen LogP contribution is 2.29. The first-order valence-corrected chi connectivity index (χ1v) is 6.82. The molecule has 2 aromatic heterocycles. The summed E-state index contributed by atoms with van der Waals surface area (Å²) in [5.74, 6) is 0.584. The molecule has 0 N–H and O–H groups in total. The number of hydrogen-bond acceptors (Lipinski definition) is 6. The maximum atomic E-state index is 11.9. The second kappa shape index (κ2) is 6.03. The Morgan fingerprint density at radius 2 is 2.00 bits per heavy atom. The van der Waals surface area contributed by atoms with Crippen molar-refractivity contribution in [2.24, 2.45) is 0 Å². The van der Waals surface area contributed by atoms with Gasteiger partial charge in [-0.25, -0.2) is 4.79 Å². The van der Waals surface area contributed by atoms with Gasteiger partial charge in [-0.05, 0) is 24.3 Å². The molecule has 0 spiro atoms. The molecular formula is C15H11ClN2O4. The zero-order valence-corrected chi connectivity index (χ0v) is 12.3. The summed E-state index contributed by atoms with van der Waals surface area (Å²) >= 11 is 6.09. The number of carbonyl (C=O) groups excluding carboxylic acids is 1. The smallest absolute Gasteiger partial charge is 0.374 e. The number of aryl methyl sites for hydroxylation is 1. The minimum absolute atomic E-state index is 0.0751. The highest BCUT2D eigenvalue weighted by atomic mass is 35.5. The van der Waals surface area contributed by atoms with Gasteiger partial charge in [0, 0.05) is 12.5 Å². The standard InChI is InChI=1S/C15H11ClN2O4/c1-9-17-18-14(21-9)8-20-15(19)13-7-6-12(22-13)10-4-2-3-5-11(10)16/h2-7H,8H2,1H3. The van der Waals surface area contributed by atoms with Crippen LogP contribution in [0, 0.1) is 6.92 Å². The lowest BCUT2D eigenvalue weighted by Crippen LogP contribution is -2.04. The summed E-state index contributed by atoms with van der Waals surface area (Å²) in [6, 6.07) is 10.4. The van der Waals surface area contributed by atoms with E-state index in [1.807, 2.05) is 12.1 Å². The summed E-state index contributed by atoms with van der Waals surface area (Å²) in [4.78, 5) is 11.9. The van der Waals surface area contributed by atoms with Crippen LogP contribution < -0.4 is 0 Å². The normalized spacial score (nSPS) is 10.6. The fourth-order valence-corrected chi connectivity index (χ4v) is 2.08. The number of halogens is 1. The summed E-state index contributed by atoms with van der Waals surface area (Å²) in [5.41, 5.74) is 0.704. The van der Waals surface area contributed by atoms with Gasteiger partial charge >= 0.3 is 5.97 Å². The van der Waals surface area contributed by atoms with Gasteiger partial charge in [0.2, 0.25) is 11.7 Å². The molecule has 6 nitrogen and oxygen atoms in total. The van der Waals surface area contributed by atoms with E-state index in [9.17, 15) is 4.79 Å². The van der Waals surface area contributed by atoms with Crippen molar-refractivity contribution in [1.82, 2.24) is 10.2 Å². The molecule has 112 valence electrons. The van der Waals surface area contributed by atoms with Gasteiger partial charge in [0.25, 0.3) is 5.89 Å². The van der Waals surface area contributed by atoms with E-state index >= 15 is 0 Å². The van der Waals surface area contributed by atoms with Crippen molar-refractivity contribution < 1.29 is 18.4 Å². The fraction of sp³-hybridized carbons (Fsp3) is 0.133. The molecule has 7 heteroatoms. The number of carbonyl (C=O) groups is 1. The Kier molecular flexibility index (Phi) is 3.93. The molecule has 0 aliphatic rings. The molecule has 0 aliphatic heterocycles. The molecule has 3 aromatic rings. The van der Waals surface area contributed by atoms with Crippen molar-refractivity contribution in [1.29, 1.82) is 0 Å².